The zero-order valence-electron chi connectivity index (χ0n) is 11.9. The van der Waals surface area contributed by atoms with Crippen LogP contribution < -0.4 is 0 Å². The molecule has 0 bridgehead atoms. The Morgan fingerprint density at radius 1 is 1.24 bits per heavy atom. The molecule has 0 aromatic heterocycles. The van der Waals surface area contributed by atoms with Crippen LogP contribution in [0.5, 0.6) is 0 Å². The van der Waals surface area contributed by atoms with Crippen LogP contribution in [-0.4, -0.2) is 53.2 Å². The molecule has 1 N–H and O–H groups in total. The Balaban J connectivity index is 1.70. The van der Waals surface area contributed by atoms with E-state index in [1.807, 2.05) is 0 Å². The van der Waals surface area contributed by atoms with Gasteiger partial charge in [0.25, 0.3) is 0 Å². The number of carbonyl (C=O) groups excluding carboxylic acids is 1. The summed E-state index contributed by atoms with van der Waals surface area (Å²) in [5, 5.41) is 9.02. The molecule has 1 fully saturated rings. The third kappa shape index (κ3) is 2.58. The first kappa shape index (κ1) is 13.9. The van der Waals surface area contributed by atoms with Crippen LogP contribution in [0, 0.1) is 0 Å². The van der Waals surface area contributed by atoms with Gasteiger partial charge in [0.1, 0.15) is 0 Å². The first-order chi connectivity index (χ1) is 10.1. The summed E-state index contributed by atoms with van der Waals surface area (Å²) in [5.41, 5.74) is 2.21. The van der Waals surface area contributed by atoms with Gasteiger partial charge in [-0.05, 0) is 29.7 Å². The van der Waals surface area contributed by atoms with Crippen molar-refractivity contribution in [3.8, 4) is 0 Å². The second-order valence-electron chi connectivity index (χ2n) is 5.52. The number of carboxylic acid groups (broad SMARTS) is 1. The number of hydrogen-bond acceptors (Lipinski definition) is 3. The molecule has 112 valence electrons. The van der Waals surface area contributed by atoms with Crippen LogP contribution in [-0.2, 0) is 17.8 Å². The number of benzene rings is 1. The van der Waals surface area contributed by atoms with Gasteiger partial charge in [-0.1, -0.05) is 6.07 Å². The topological polar surface area (TPSA) is 70.1 Å². The van der Waals surface area contributed by atoms with Crippen molar-refractivity contribution >= 4 is 12.0 Å². The van der Waals surface area contributed by atoms with E-state index in [1.54, 1.807) is 35.1 Å². The van der Waals surface area contributed by atoms with Crippen LogP contribution in [0.15, 0.2) is 18.2 Å². The Bertz CT molecular complexity index is 587. The molecule has 3 rings (SSSR count). The van der Waals surface area contributed by atoms with E-state index in [2.05, 4.69) is 0 Å². The van der Waals surface area contributed by atoms with Crippen molar-refractivity contribution in [1.29, 1.82) is 0 Å². The number of ether oxygens (including phenoxy) is 1. The number of amides is 2. The lowest BCUT2D eigenvalue weighted by molar-refractivity contribution is 0.0696. The van der Waals surface area contributed by atoms with Gasteiger partial charge in [-0.3, -0.25) is 0 Å². The number of carbonyl (C=O) groups is 2. The predicted molar refractivity (Wildman–Crippen MR) is 75.0 cm³/mol. The molecule has 6 nitrogen and oxygen atoms in total. The van der Waals surface area contributed by atoms with Crippen molar-refractivity contribution < 1.29 is 19.4 Å². The fourth-order valence-corrected chi connectivity index (χ4v) is 2.96. The lowest BCUT2D eigenvalue weighted by Crippen LogP contribution is -2.39. The molecule has 2 amide bonds. The molecule has 1 saturated heterocycles. The smallest absolute Gasteiger partial charge is 0.335 e. The minimum Gasteiger partial charge on any atom is -0.478 e. The van der Waals surface area contributed by atoms with E-state index in [-0.39, 0.29) is 17.7 Å². The van der Waals surface area contributed by atoms with Crippen LogP contribution in [0.4, 0.5) is 4.79 Å². The van der Waals surface area contributed by atoms with Crippen LogP contribution >= 0.6 is 0 Å². The van der Waals surface area contributed by atoms with E-state index in [4.69, 9.17) is 9.84 Å². The Hall–Kier alpha value is -2.08. The van der Waals surface area contributed by atoms with Gasteiger partial charge in [0.2, 0.25) is 0 Å². The average Bonchev–Trinajstić information content (AvgIpc) is 3.11. The van der Waals surface area contributed by atoms with E-state index in [1.165, 1.54) is 0 Å². The van der Waals surface area contributed by atoms with Crippen molar-refractivity contribution in [2.45, 2.75) is 25.6 Å². The maximum atomic E-state index is 12.5. The normalized spacial score (nSPS) is 20.7. The van der Waals surface area contributed by atoms with Gasteiger partial charge in [-0.25, -0.2) is 9.59 Å². The molecule has 2 heterocycles. The van der Waals surface area contributed by atoms with E-state index in [9.17, 15) is 9.59 Å². The first-order valence-corrected chi connectivity index (χ1v) is 7.00. The fraction of sp³-hybridized carbons (Fsp3) is 0.467. The van der Waals surface area contributed by atoms with E-state index < -0.39 is 5.97 Å². The molecular weight excluding hydrogens is 272 g/mol. The number of carboxylic acids is 1. The van der Waals surface area contributed by atoms with Gasteiger partial charge in [0.05, 0.1) is 11.7 Å². The molecule has 2 aliphatic rings. The third-order valence-corrected chi connectivity index (χ3v) is 4.20. The monoisotopic (exact) mass is 290 g/mol. The quantitative estimate of drug-likeness (QED) is 0.897. The molecule has 0 radical (unpaired) electrons. The highest BCUT2D eigenvalue weighted by Gasteiger charge is 2.32. The van der Waals surface area contributed by atoms with Crippen LogP contribution in [0.25, 0.3) is 0 Å². The largest absolute Gasteiger partial charge is 0.478 e. The van der Waals surface area contributed by atoms with Gasteiger partial charge in [0, 0.05) is 33.3 Å². The lowest BCUT2D eigenvalue weighted by atomic mass is 10.1. The fourth-order valence-electron chi connectivity index (χ4n) is 2.96. The number of hydrogen-bond donors (Lipinski definition) is 1. The summed E-state index contributed by atoms with van der Waals surface area (Å²) in [4.78, 5) is 27.0. The van der Waals surface area contributed by atoms with E-state index in [0.29, 0.717) is 26.2 Å². The van der Waals surface area contributed by atoms with Crippen LogP contribution in [0.1, 0.15) is 27.9 Å². The van der Waals surface area contributed by atoms with Crippen molar-refractivity contribution in [3.63, 3.8) is 0 Å². The summed E-state index contributed by atoms with van der Waals surface area (Å²) >= 11 is 0. The summed E-state index contributed by atoms with van der Waals surface area (Å²) in [6.45, 7) is 2.36. The molecule has 0 aliphatic carbocycles. The summed E-state index contributed by atoms with van der Waals surface area (Å²) in [5.74, 6) is -0.940. The minimum atomic E-state index is -0.940. The van der Waals surface area contributed by atoms with Crippen LogP contribution in [0.2, 0.25) is 0 Å². The number of likely N-dealkylation sites (tertiary alicyclic amines) is 1. The molecule has 0 spiro atoms. The Labute approximate surface area is 122 Å². The molecule has 6 heteroatoms. The van der Waals surface area contributed by atoms with Crippen molar-refractivity contribution in [2.75, 3.05) is 20.2 Å². The standard InChI is InChI=1S/C15H18N2O4/c1-21-13-4-5-16(9-13)15(20)17-7-11-3-2-10(14(18)19)6-12(11)8-17/h2-3,6,13H,4-5,7-9H2,1H3,(H,18,19). The maximum absolute atomic E-state index is 12.5. The predicted octanol–water partition coefficient (Wildman–Crippen LogP) is 1.54. The minimum absolute atomic E-state index is 0.00243. The summed E-state index contributed by atoms with van der Waals surface area (Å²) in [6.07, 6.45) is 0.990. The van der Waals surface area contributed by atoms with E-state index in [0.717, 1.165) is 17.5 Å². The number of nitrogens with zero attached hydrogens (tertiary/aromatic N) is 2. The Morgan fingerprint density at radius 3 is 2.67 bits per heavy atom. The molecule has 21 heavy (non-hydrogen) atoms. The Morgan fingerprint density at radius 2 is 2.00 bits per heavy atom. The number of urea groups is 1. The zero-order valence-corrected chi connectivity index (χ0v) is 11.9. The van der Waals surface area contributed by atoms with Gasteiger partial charge in [0.15, 0.2) is 0 Å². The summed E-state index contributed by atoms with van der Waals surface area (Å²) in [7, 11) is 1.66. The molecule has 0 saturated carbocycles. The maximum Gasteiger partial charge on any atom is 0.335 e. The third-order valence-electron chi connectivity index (χ3n) is 4.20. The summed E-state index contributed by atoms with van der Waals surface area (Å²) in [6, 6.07) is 5.05. The number of methoxy groups -OCH3 is 1. The second kappa shape index (κ2) is 5.37. The van der Waals surface area contributed by atoms with Crippen LogP contribution in [0.3, 0.4) is 0 Å². The SMILES string of the molecule is COC1CCN(C(=O)N2Cc3ccc(C(=O)O)cc3C2)C1. The molecule has 1 atom stereocenters. The zero-order chi connectivity index (χ0) is 15.0. The average molecular weight is 290 g/mol. The molecule has 1 aromatic rings. The number of fused-ring (bicyclic) bond motifs is 1. The highest BCUT2D eigenvalue weighted by Crippen LogP contribution is 2.26. The van der Waals surface area contributed by atoms with Gasteiger partial charge in [-0.2, -0.15) is 0 Å². The summed E-state index contributed by atoms with van der Waals surface area (Å²) < 4.78 is 5.28. The van der Waals surface area contributed by atoms with Crippen molar-refractivity contribution in [3.05, 3.63) is 34.9 Å². The highest BCUT2D eigenvalue weighted by molar-refractivity contribution is 5.88. The molecular formula is C15H18N2O4. The van der Waals surface area contributed by atoms with Gasteiger partial charge in [-0.15, -0.1) is 0 Å². The molecule has 1 unspecified atom stereocenters. The number of aromatic carboxylic acids is 1. The van der Waals surface area contributed by atoms with Crippen molar-refractivity contribution in [1.82, 2.24) is 9.80 Å². The van der Waals surface area contributed by atoms with E-state index >= 15 is 0 Å². The van der Waals surface area contributed by atoms with Gasteiger partial charge < -0.3 is 19.6 Å². The molecule has 2 aliphatic heterocycles. The number of rotatable bonds is 2. The van der Waals surface area contributed by atoms with Gasteiger partial charge >= 0.3 is 12.0 Å². The lowest BCUT2D eigenvalue weighted by Gasteiger charge is -2.23. The molecule has 1 aromatic carbocycles. The second-order valence-corrected chi connectivity index (χ2v) is 5.52. The van der Waals surface area contributed by atoms with Crippen molar-refractivity contribution in [2.24, 2.45) is 0 Å². The highest BCUT2D eigenvalue weighted by atomic mass is 16.5. The first-order valence-electron chi connectivity index (χ1n) is 7.00. The Kier molecular flexibility index (Phi) is 3.55.